The van der Waals surface area contributed by atoms with Crippen molar-refractivity contribution in [2.75, 3.05) is 6.61 Å². The molecule has 0 atom stereocenters. The second kappa shape index (κ2) is 14.0. The fourth-order valence-electron chi connectivity index (χ4n) is 2.37. The SMILES string of the molecule is CCCCCCCCn1sccc1=O.CCCOC(=O)c1ccc(O)cc1. The van der Waals surface area contributed by atoms with Gasteiger partial charge in [0.05, 0.1) is 12.2 Å². The molecule has 2 aromatic rings. The molecule has 1 aromatic heterocycles. The van der Waals surface area contributed by atoms with E-state index in [0.717, 1.165) is 19.4 Å². The van der Waals surface area contributed by atoms with Crippen LogP contribution in [0, 0.1) is 0 Å². The summed E-state index contributed by atoms with van der Waals surface area (Å²) in [5.74, 6) is -0.200. The number of unbranched alkanes of at least 4 members (excludes halogenated alkanes) is 5. The molecule has 6 heteroatoms. The van der Waals surface area contributed by atoms with Gasteiger partial charge in [-0.3, -0.25) is 8.75 Å². The van der Waals surface area contributed by atoms with Crippen LogP contribution in [0.25, 0.3) is 0 Å². The molecule has 0 saturated heterocycles. The van der Waals surface area contributed by atoms with Gasteiger partial charge in [-0.2, -0.15) is 0 Å². The number of phenolic OH excluding ortho intramolecular Hbond substituents is 1. The van der Waals surface area contributed by atoms with E-state index in [-0.39, 0.29) is 17.3 Å². The number of aryl methyl sites for hydroxylation is 1. The Bertz CT molecular complexity index is 691. The van der Waals surface area contributed by atoms with Gasteiger partial charge in [-0.15, -0.1) is 0 Å². The van der Waals surface area contributed by atoms with E-state index in [9.17, 15) is 9.59 Å². The molecule has 5 nitrogen and oxygen atoms in total. The molecule has 0 fully saturated rings. The number of ether oxygens (including phenoxy) is 1. The number of hydrogen-bond acceptors (Lipinski definition) is 5. The molecule has 0 amide bonds. The van der Waals surface area contributed by atoms with E-state index < -0.39 is 0 Å². The Labute approximate surface area is 165 Å². The molecular weight excluding hydrogens is 362 g/mol. The minimum absolute atomic E-state index is 0.145. The summed E-state index contributed by atoms with van der Waals surface area (Å²) in [5, 5.41) is 10.8. The minimum Gasteiger partial charge on any atom is -0.508 e. The quantitative estimate of drug-likeness (QED) is 0.443. The predicted octanol–water partition coefficient (Wildman–Crippen LogP) is 5.23. The number of aromatic hydroxyl groups is 1. The molecule has 0 saturated carbocycles. The number of nitrogens with zero attached hydrogens (tertiary/aromatic N) is 1. The van der Waals surface area contributed by atoms with E-state index in [1.165, 1.54) is 67.9 Å². The molecule has 0 unspecified atom stereocenters. The highest BCUT2D eigenvalue weighted by Crippen LogP contribution is 2.10. The third-order valence-electron chi connectivity index (χ3n) is 3.90. The van der Waals surface area contributed by atoms with Gasteiger partial charge in [-0.05, 0) is 37.1 Å². The van der Waals surface area contributed by atoms with Crippen LogP contribution in [0.3, 0.4) is 0 Å². The van der Waals surface area contributed by atoms with Crippen LogP contribution in [0.1, 0.15) is 69.2 Å². The smallest absolute Gasteiger partial charge is 0.338 e. The zero-order valence-corrected chi connectivity index (χ0v) is 17.2. The Morgan fingerprint density at radius 2 is 1.67 bits per heavy atom. The Morgan fingerprint density at radius 1 is 1.00 bits per heavy atom. The lowest BCUT2D eigenvalue weighted by molar-refractivity contribution is 0.0505. The van der Waals surface area contributed by atoms with E-state index in [0.29, 0.717) is 12.2 Å². The van der Waals surface area contributed by atoms with E-state index >= 15 is 0 Å². The fraction of sp³-hybridized carbons (Fsp3) is 0.524. The number of carbonyl (C=O) groups is 1. The first-order chi connectivity index (χ1) is 13.1. The van der Waals surface area contributed by atoms with Crippen LogP contribution in [0.15, 0.2) is 40.5 Å². The third kappa shape index (κ3) is 9.99. The molecule has 0 aliphatic heterocycles. The summed E-state index contributed by atoms with van der Waals surface area (Å²) in [7, 11) is 0. The van der Waals surface area contributed by atoms with E-state index in [1.807, 2.05) is 16.3 Å². The monoisotopic (exact) mass is 393 g/mol. The Hall–Kier alpha value is -2.08. The Morgan fingerprint density at radius 3 is 2.26 bits per heavy atom. The summed E-state index contributed by atoms with van der Waals surface area (Å²) >= 11 is 1.52. The van der Waals surface area contributed by atoms with Crippen molar-refractivity contribution in [2.45, 2.75) is 65.3 Å². The van der Waals surface area contributed by atoms with Crippen LogP contribution >= 0.6 is 11.5 Å². The number of phenols is 1. The molecule has 0 bridgehead atoms. The normalized spacial score (nSPS) is 10.1. The molecule has 1 heterocycles. The summed E-state index contributed by atoms with van der Waals surface area (Å²) in [6.07, 6.45) is 8.51. The van der Waals surface area contributed by atoms with Gasteiger partial charge in [0.1, 0.15) is 5.75 Å². The first kappa shape index (κ1) is 23.0. The van der Waals surface area contributed by atoms with Crippen molar-refractivity contribution >= 4 is 17.5 Å². The first-order valence-electron chi connectivity index (χ1n) is 9.69. The molecule has 2 rings (SSSR count). The zero-order chi connectivity index (χ0) is 19.9. The highest BCUT2D eigenvalue weighted by molar-refractivity contribution is 7.04. The first-order valence-corrected chi connectivity index (χ1v) is 10.5. The van der Waals surface area contributed by atoms with Crippen molar-refractivity contribution in [3.63, 3.8) is 0 Å². The summed E-state index contributed by atoms with van der Waals surface area (Å²) in [5.41, 5.74) is 0.620. The molecule has 27 heavy (non-hydrogen) atoms. The number of aromatic nitrogens is 1. The topological polar surface area (TPSA) is 68.5 Å². The molecule has 150 valence electrons. The minimum atomic E-state index is -0.346. The van der Waals surface area contributed by atoms with Gasteiger partial charge < -0.3 is 9.84 Å². The van der Waals surface area contributed by atoms with E-state index in [1.54, 1.807) is 6.07 Å². The van der Waals surface area contributed by atoms with Gasteiger partial charge in [-0.1, -0.05) is 57.5 Å². The number of esters is 1. The largest absolute Gasteiger partial charge is 0.508 e. The van der Waals surface area contributed by atoms with Crippen molar-refractivity contribution in [2.24, 2.45) is 0 Å². The lowest BCUT2D eigenvalue weighted by atomic mass is 10.1. The van der Waals surface area contributed by atoms with E-state index in [2.05, 4.69) is 6.92 Å². The molecule has 1 N–H and O–H groups in total. The predicted molar refractivity (Wildman–Crippen MR) is 111 cm³/mol. The molecule has 0 radical (unpaired) electrons. The molecular formula is C21H31NO4S. The number of rotatable bonds is 10. The fourth-order valence-corrected chi connectivity index (χ4v) is 3.09. The molecule has 0 spiro atoms. The summed E-state index contributed by atoms with van der Waals surface area (Å²) in [6.45, 7) is 5.50. The summed E-state index contributed by atoms with van der Waals surface area (Å²) < 4.78 is 6.73. The van der Waals surface area contributed by atoms with Crippen LogP contribution in [0.4, 0.5) is 0 Å². The molecule has 1 aromatic carbocycles. The van der Waals surface area contributed by atoms with Crippen molar-refractivity contribution in [3.8, 4) is 5.75 Å². The van der Waals surface area contributed by atoms with E-state index in [4.69, 9.17) is 9.84 Å². The van der Waals surface area contributed by atoms with Gasteiger partial charge in [0.15, 0.2) is 0 Å². The van der Waals surface area contributed by atoms with Crippen LogP contribution < -0.4 is 5.56 Å². The standard InChI is InChI=1S/C11H19NOS.C10H12O3/c1-2-3-4-5-6-7-9-12-11(13)8-10-14-12;1-2-7-13-10(12)8-3-5-9(11)6-4-8/h8,10H,2-7,9H2,1H3;3-6,11H,2,7H2,1H3. The van der Waals surface area contributed by atoms with Crippen molar-refractivity contribution in [3.05, 3.63) is 51.6 Å². The lowest BCUT2D eigenvalue weighted by Gasteiger charge is -2.02. The third-order valence-corrected chi connectivity index (χ3v) is 4.77. The lowest BCUT2D eigenvalue weighted by Crippen LogP contribution is -2.11. The second-order valence-electron chi connectivity index (χ2n) is 6.30. The number of hydrogen-bond donors (Lipinski definition) is 1. The van der Waals surface area contributed by atoms with Crippen LogP contribution in [0.2, 0.25) is 0 Å². The average molecular weight is 394 g/mol. The van der Waals surface area contributed by atoms with Gasteiger partial charge in [0.25, 0.3) is 5.56 Å². The van der Waals surface area contributed by atoms with Crippen molar-refractivity contribution in [1.29, 1.82) is 0 Å². The van der Waals surface area contributed by atoms with Crippen LogP contribution in [-0.4, -0.2) is 21.6 Å². The van der Waals surface area contributed by atoms with Crippen molar-refractivity contribution < 1.29 is 14.6 Å². The molecule has 0 aliphatic carbocycles. The van der Waals surface area contributed by atoms with Crippen molar-refractivity contribution in [1.82, 2.24) is 3.96 Å². The van der Waals surface area contributed by atoms with Gasteiger partial charge in [0, 0.05) is 18.0 Å². The Balaban J connectivity index is 0.000000271. The molecule has 0 aliphatic rings. The Kier molecular flexibility index (Phi) is 11.9. The number of benzene rings is 1. The van der Waals surface area contributed by atoms with Gasteiger partial charge in [0.2, 0.25) is 0 Å². The van der Waals surface area contributed by atoms with Crippen LogP contribution in [-0.2, 0) is 11.3 Å². The summed E-state index contributed by atoms with van der Waals surface area (Å²) in [6, 6.07) is 7.63. The summed E-state index contributed by atoms with van der Waals surface area (Å²) in [4.78, 5) is 22.4. The second-order valence-corrected chi connectivity index (χ2v) is 7.22. The maximum atomic E-state index is 11.2. The maximum Gasteiger partial charge on any atom is 0.338 e. The highest BCUT2D eigenvalue weighted by atomic mass is 32.1. The van der Waals surface area contributed by atoms with Gasteiger partial charge in [-0.25, -0.2) is 4.79 Å². The zero-order valence-electron chi connectivity index (χ0n) is 16.4. The maximum absolute atomic E-state index is 11.2. The van der Waals surface area contributed by atoms with Crippen LogP contribution in [0.5, 0.6) is 5.75 Å². The van der Waals surface area contributed by atoms with Gasteiger partial charge >= 0.3 is 5.97 Å². The highest BCUT2D eigenvalue weighted by Gasteiger charge is 2.05. The number of carbonyl (C=O) groups excluding carboxylic acids is 1. The average Bonchev–Trinajstić information content (AvgIpc) is 3.08.